The highest BCUT2D eigenvalue weighted by Crippen LogP contribution is 2.25. The highest BCUT2D eigenvalue weighted by Gasteiger charge is 2.27. The van der Waals surface area contributed by atoms with Crippen molar-refractivity contribution in [3.63, 3.8) is 0 Å². The maximum atomic E-state index is 11.9. The monoisotopic (exact) mass is 286 g/mol. The minimum Gasteiger partial charge on any atom is -0.393 e. The van der Waals surface area contributed by atoms with Crippen LogP contribution < -0.4 is 0 Å². The molecule has 0 saturated carbocycles. The van der Waals surface area contributed by atoms with E-state index in [4.69, 9.17) is 23.2 Å². The average molecular weight is 287 g/mol. The summed E-state index contributed by atoms with van der Waals surface area (Å²) in [5.74, 6) is 0. The summed E-state index contributed by atoms with van der Waals surface area (Å²) in [6.45, 7) is 0. The molecule has 6 heteroatoms. The standard InChI is InChI=1S/C11H11Cl2F3O/c12-9-2-1-7(6-10(9)13)5-8(17)3-4-11(14,15)16/h1-2,6,8,17H,3-5H2. The quantitative estimate of drug-likeness (QED) is 0.878. The molecule has 0 aromatic heterocycles. The van der Waals surface area contributed by atoms with Crippen LogP contribution >= 0.6 is 23.2 Å². The first-order chi connectivity index (χ1) is 7.78. The first kappa shape index (κ1) is 14.6. The van der Waals surface area contributed by atoms with E-state index < -0.39 is 18.7 Å². The molecule has 1 aromatic carbocycles. The number of halogens is 5. The molecular weight excluding hydrogens is 276 g/mol. The fourth-order valence-electron chi connectivity index (χ4n) is 1.37. The van der Waals surface area contributed by atoms with Gasteiger partial charge in [-0.2, -0.15) is 13.2 Å². The van der Waals surface area contributed by atoms with E-state index in [1.165, 1.54) is 0 Å². The van der Waals surface area contributed by atoms with Gasteiger partial charge in [0.05, 0.1) is 16.1 Å². The molecule has 1 rings (SSSR count). The SMILES string of the molecule is OC(CCC(F)(F)F)Cc1ccc(Cl)c(Cl)c1. The van der Waals surface area contributed by atoms with Gasteiger partial charge in [-0.3, -0.25) is 0 Å². The van der Waals surface area contributed by atoms with E-state index in [0.717, 1.165) is 0 Å². The van der Waals surface area contributed by atoms with Crippen LogP contribution in [0.2, 0.25) is 10.0 Å². The van der Waals surface area contributed by atoms with Crippen molar-refractivity contribution >= 4 is 23.2 Å². The molecule has 1 N–H and O–H groups in total. The van der Waals surface area contributed by atoms with E-state index in [9.17, 15) is 18.3 Å². The van der Waals surface area contributed by atoms with Crippen LogP contribution in [-0.2, 0) is 6.42 Å². The zero-order chi connectivity index (χ0) is 13.1. The Labute approximate surface area is 107 Å². The van der Waals surface area contributed by atoms with Crippen LogP contribution in [0.3, 0.4) is 0 Å². The molecule has 0 bridgehead atoms. The fourth-order valence-corrected chi connectivity index (χ4v) is 1.69. The molecule has 0 aliphatic rings. The summed E-state index contributed by atoms with van der Waals surface area (Å²) in [6, 6.07) is 4.72. The number of aliphatic hydroxyl groups is 1. The van der Waals surface area contributed by atoms with E-state index in [-0.39, 0.29) is 12.8 Å². The Balaban J connectivity index is 2.50. The van der Waals surface area contributed by atoms with Gasteiger partial charge in [-0.05, 0) is 30.5 Å². The molecule has 0 amide bonds. The van der Waals surface area contributed by atoms with E-state index in [2.05, 4.69) is 0 Å². The van der Waals surface area contributed by atoms with Crippen LogP contribution in [0.4, 0.5) is 13.2 Å². The third-order valence-corrected chi connectivity index (χ3v) is 2.96. The van der Waals surface area contributed by atoms with Gasteiger partial charge in [0.2, 0.25) is 0 Å². The molecule has 0 fully saturated rings. The number of alkyl halides is 3. The van der Waals surface area contributed by atoms with Gasteiger partial charge in [0.1, 0.15) is 0 Å². The van der Waals surface area contributed by atoms with Crippen molar-refractivity contribution in [3.05, 3.63) is 33.8 Å². The van der Waals surface area contributed by atoms with Crippen molar-refractivity contribution in [3.8, 4) is 0 Å². The molecule has 17 heavy (non-hydrogen) atoms. The highest BCUT2D eigenvalue weighted by atomic mass is 35.5. The topological polar surface area (TPSA) is 20.2 Å². The maximum Gasteiger partial charge on any atom is 0.389 e. The highest BCUT2D eigenvalue weighted by molar-refractivity contribution is 6.42. The van der Waals surface area contributed by atoms with Gasteiger partial charge in [0.25, 0.3) is 0 Å². The lowest BCUT2D eigenvalue weighted by Gasteiger charge is -2.12. The van der Waals surface area contributed by atoms with Gasteiger partial charge in [-0.25, -0.2) is 0 Å². The van der Waals surface area contributed by atoms with Crippen molar-refractivity contribution < 1.29 is 18.3 Å². The number of hydrogen-bond donors (Lipinski definition) is 1. The van der Waals surface area contributed by atoms with Gasteiger partial charge >= 0.3 is 6.18 Å². The van der Waals surface area contributed by atoms with Crippen LogP contribution in [0.5, 0.6) is 0 Å². The van der Waals surface area contributed by atoms with Crippen molar-refractivity contribution in [1.29, 1.82) is 0 Å². The molecule has 96 valence electrons. The van der Waals surface area contributed by atoms with Crippen LogP contribution in [-0.4, -0.2) is 17.4 Å². The second-order valence-electron chi connectivity index (χ2n) is 3.76. The summed E-state index contributed by atoms with van der Waals surface area (Å²) >= 11 is 11.4. The van der Waals surface area contributed by atoms with Crippen molar-refractivity contribution in [2.24, 2.45) is 0 Å². The lowest BCUT2D eigenvalue weighted by Crippen LogP contribution is -2.16. The minimum absolute atomic E-state index is 0.132. The summed E-state index contributed by atoms with van der Waals surface area (Å²) in [7, 11) is 0. The normalized spacial score (nSPS) is 13.8. The van der Waals surface area contributed by atoms with E-state index in [1.54, 1.807) is 18.2 Å². The Morgan fingerprint density at radius 2 is 1.82 bits per heavy atom. The Bertz CT molecular complexity index is 379. The van der Waals surface area contributed by atoms with Gasteiger partial charge < -0.3 is 5.11 Å². The zero-order valence-electron chi connectivity index (χ0n) is 8.77. The second kappa shape index (κ2) is 5.94. The summed E-state index contributed by atoms with van der Waals surface area (Å²) < 4.78 is 35.8. The third kappa shape index (κ3) is 5.61. The lowest BCUT2D eigenvalue weighted by molar-refractivity contribution is -0.139. The number of rotatable bonds is 4. The molecule has 1 aromatic rings. The van der Waals surface area contributed by atoms with Gasteiger partial charge in [-0.15, -0.1) is 0 Å². The van der Waals surface area contributed by atoms with Gasteiger partial charge in [0.15, 0.2) is 0 Å². The minimum atomic E-state index is -4.24. The fraction of sp³-hybridized carbons (Fsp3) is 0.455. The van der Waals surface area contributed by atoms with Gasteiger partial charge in [-0.1, -0.05) is 29.3 Å². The predicted octanol–water partition coefficient (Wildman–Crippen LogP) is 4.24. The van der Waals surface area contributed by atoms with Crippen molar-refractivity contribution in [1.82, 2.24) is 0 Å². The third-order valence-electron chi connectivity index (χ3n) is 2.22. The molecule has 0 aliphatic carbocycles. The van der Waals surface area contributed by atoms with Gasteiger partial charge in [0, 0.05) is 6.42 Å². The molecule has 1 atom stereocenters. The Morgan fingerprint density at radius 3 is 2.35 bits per heavy atom. The van der Waals surface area contributed by atoms with E-state index in [0.29, 0.717) is 15.6 Å². The molecule has 1 nitrogen and oxygen atoms in total. The molecule has 0 aliphatic heterocycles. The van der Waals surface area contributed by atoms with Crippen LogP contribution in [0, 0.1) is 0 Å². The lowest BCUT2D eigenvalue weighted by atomic mass is 10.0. The van der Waals surface area contributed by atoms with Crippen LogP contribution in [0.25, 0.3) is 0 Å². The average Bonchev–Trinajstić information content (AvgIpc) is 2.20. The molecule has 0 spiro atoms. The largest absolute Gasteiger partial charge is 0.393 e. The predicted molar refractivity (Wildman–Crippen MR) is 61.5 cm³/mol. The Hall–Kier alpha value is -0.450. The van der Waals surface area contributed by atoms with Crippen molar-refractivity contribution in [2.45, 2.75) is 31.5 Å². The molecule has 1 unspecified atom stereocenters. The maximum absolute atomic E-state index is 11.9. The number of aliphatic hydroxyl groups excluding tert-OH is 1. The molecular formula is C11H11Cl2F3O. The smallest absolute Gasteiger partial charge is 0.389 e. The van der Waals surface area contributed by atoms with E-state index in [1.807, 2.05) is 0 Å². The molecule has 0 saturated heterocycles. The van der Waals surface area contributed by atoms with Crippen molar-refractivity contribution in [2.75, 3.05) is 0 Å². The summed E-state index contributed by atoms with van der Waals surface area (Å²) in [6.07, 6.45) is -6.45. The first-order valence-corrected chi connectivity index (χ1v) is 5.72. The molecule has 0 radical (unpaired) electrons. The summed E-state index contributed by atoms with van der Waals surface area (Å²) in [4.78, 5) is 0. The zero-order valence-corrected chi connectivity index (χ0v) is 10.3. The van der Waals surface area contributed by atoms with Crippen LogP contribution in [0.1, 0.15) is 18.4 Å². The molecule has 0 heterocycles. The Morgan fingerprint density at radius 1 is 1.18 bits per heavy atom. The number of hydrogen-bond acceptors (Lipinski definition) is 1. The van der Waals surface area contributed by atoms with Crippen LogP contribution in [0.15, 0.2) is 18.2 Å². The Kier molecular flexibility index (Phi) is 5.10. The first-order valence-electron chi connectivity index (χ1n) is 4.96. The second-order valence-corrected chi connectivity index (χ2v) is 4.57. The number of benzene rings is 1. The summed E-state index contributed by atoms with van der Waals surface area (Å²) in [5, 5.41) is 10.2. The van der Waals surface area contributed by atoms with E-state index >= 15 is 0 Å². The summed E-state index contributed by atoms with van der Waals surface area (Å²) in [5.41, 5.74) is 0.661.